The molecule has 6 aliphatic rings. The van der Waals surface area contributed by atoms with E-state index in [1.165, 1.54) is 153 Å². The molecular formula is C60H94O6S2. The van der Waals surface area contributed by atoms with E-state index in [0.717, 1.165) is 83.9 Å². The van der Waals surface area contributed by atoms with Crippen molar-refractivity contribution in [3.05, 3.63) is 59.7 Å². The zero-order valence-electron chi connectivity index (χ0n) is 44.2. The summed E-state index contributed by atoms with van der Waals surface area (Å²) >= 11 is 0. The fourth-order valence-corrected chi connectivity index (χ4v) is 19.2. The summed E-state index contributed by atoms with van der Waals surface area (Å²) in [4.78, 5) is 0.506. The summed E-state index contributed by atoms with van der Waals surface area (Å²) in [6.07, 6.45) is 31.3. The van der Waals surface area contributed by atoms with E-state index >= 15 is 0 Å². The molecule has 0 aromatic heterocycles. The van der Waals surface area contributed by atoms with Crippen molar-refractivity contribution < 1.29 is 25.2 Å². The Labute approximate surface area is 416 Å². The third kappa shape index (κ3) is 11.5. The van der Waals surface area contributed by atoms with Gasteiger partial charge in [0.1, 0.15) is 0 Å². The predicted octanol–water partition coefficient (Wildman–Crippen LogP) is 15.7. The Bertz CT molecular complexity index is 2160. The van der Waals surface area contributed by atoms with Crippen molar-refractivity contribution in [2.75, 3.05) is 7.11 Å². The highest BCUT2D eigenvalue weighted by Crippen LogP contribution is 2.69. The molecule has 2 aromatic carbocycles. The summed E-state index contributed by atoms with van der Waals surface area (Å²) in [5.74, 6) is 10.7. The first-order valence-corrected chi connectivity index (χ1v) is 31.0. The maximum Gasteiger partial charge on any atom is 0.297 e. The van der Waals surface area contributed by atoms with Gasteiger partial charge in [-0.1, -0.05) is 97.4 Å². The van der Waals surface area contributed by atoms with E-state index in [0.29, 0.717) is 16.7 Å². The lowest BCUT2D eigenvalue weighted by molar-refractivity contribution is -0.123. The van der Waals surface area contributed by atoms with E-state index < -0.39 is 25.8 Å². The number of hydrogen-bond acceptors (Lipinski definition) is 6. The number of fused-ring (bicyclic) bond motifs is 5. The van der Waals surface area contributed by atoms with Crippen LogP contribution in [0.5, 0.6) is 0 Å². The van der Waals surface area contributed by atoms with Gasteiger partial charge in [0.25, 0.3) is 20.2 Å². The summed E-state index contributed by atoms with van der Waals surface area (Å²) in [6.45, 7) is 18.5. The molecule has 6 nitrogen and oxygen atoms in total. The van der Waals surface area contributed by atoms with Crippen LogP contribution in [-0.2, 0) is 41.4 Å². The third-order valence-corrected chi connectivity index (χ3v) is 23.7. The van der Waals surface area contributed by atoms with Gasteiger partial charge in [-0.05, 0) is 253 Å². The lowest BCUT2D eigenvalue weighted by atomic mass is 9.43. The van der Waals surface area contributed by atoms with Crippen molar-refractivity contribution in [3.63, 3.8) is 0 Å². The standard InChI is InChI=1S/C60H94O6S2/c1-41(2)15-30-52(47-21-23-48(24-22-47)53(46-13-11-10-12-14-46)31-20-43-16-26-50(27-17-43)67(61,62)65-9)42(3)55-33-34-56-54-32-25-49-40-45(35-37-59(49,7)57(54)36-38-60(55,56)8)39-44-18-28-51(29-19-44)68(63,64)66-58(4,5)6/h16-19,26-29,41-42,45-49,52-57H,10-15,20-25,30-40H2,1-9H3. The fraction of sp³-hybridized carbons (Fsp3) is 0.800. The Balaban J connectivity index is 0.891. The second-order valence-electron chi connectivity index (χ2n) is 26.1. The highest BCUT2D eigenvalue weighted by atomic mass is 32.2. The summed E-state index contributed by atoms with van der Waals surface area (Å²) in [5, 5.41) is 0. The molecule has 11 atom stereocenters. The first-order valence-electron chi connectivity index (χ1n) is 28.1. The summed E-state index contributed by atoms with van der Waals surface area (Å²) in [7, 11) is -6.20. The number of hydrogen-bond donors (Lipinski definition) is 0. The number of rotatable bonds is 17. The van der Waals surface area contributed by atoms with E-state index in [1.807, 2.05) is 24.3 Å². The quantitative estimate of drug-likeness (QED) is 0.147. The Hall–Kier alpha value is -1.74. The van der Waals surface area contributed by atoms with Gasteiger partial charge in [-0.2, -0.15) is 16.8 Å². The van der Waals surface area contributed by atoms with Crippen molar-refractivity contribution in [3.8, 4) is 0 Å². The molecule has 6 aliphatic carbocycles. The van der Waals surface area contributed by atoms with Gasteiger partial charge in [-0.15, -0.1) is 0 Å². The van der Waals surface area contributed by atoms with Crippen LogP contribution in [0.4, 0.5) is 0 Å². The van der Waals surface area contributed by atoms with Gasteiger partial charge in [-0.25, -0.2) is 0 Å². The molecule has 6 fully saturated rings. The monoisotopic (exact) mass is 975 g/mol. The fourth-order valence-electron chi connectivity index (χ4n) is 17.4. The number of aryl methyl sites for hydroxylation is 1. The smallest absolute Gasteiger partial charge is 0.270 e. The lowest BCUT2D eigenvalue weighted by Crippen LogP contribution is -2.54. The van der Waals surface area contributed by atoms with Crippen LogP contribution in [0.15, 0.2) is 58.3 Å². The molecule has 0 heterocycles. The Kier molecular flexibility index (Phi) is 16.5. The maximum atomic E-state index is 12.9. The van der Waals surface area contributed by atoms with E-state index in [2.05, 4.69) is 34.6 Å². The summed E-state index contributed by atoms with van der Waals surface area (Å²) in [6, 6.07) is 15.1. The van der Waals surface area contributed by atoms with Crippen molar-refractivity contribution >= 4 is 20.2 Å². The predicted molar refractivity (Wildman–Crippen MR) is 278 cm³/mol. The van der Waals surface area contributed by atoms with Crippen molar-refractivity contribution in [2.45, 2.75) is 218 Å². The highest BCUT2D eigenvalue weighted by Gasteiger charge is 2.61. The highest BCUT2D eigenvalue weighted by molar-refractivity contribution is 7.87. The Morgan fingerprint density at radius 1 is 0.618 bits per heavy atom. The van der Waals surface area contributed by atoms with Gasteiger partial charge in [-0.3, -0.25) is 8.37 Å². The van der Waals surface area contributed by atoms with Crippen LogP contribution in [0.25, 0.3) is 0 Å². The molecule has 8 rings (SSSR count). The molecule has 0 aliphatic heterocycles. The van der Waals surface area contributed by atoms with Crippen LogP contribution < -0.4 is 0 Å². The van der Waals surface area contributed by atoms with Gasteiger partial charge in [0.05, 0.1) is 22.5 Å². The molecule has 6 saturated carbocycles. The van der Waals surface area contributed by atoms with Gasteiger partial charge in [0, 0.05) is 0 Å². The largest absolute Gasteiger partial charge is 0.297 e. The van der Waals surface area contributed by atoms with Gasteiger partial charge in [0.15, 0.2) is 0 Å². The third-order valence-electron chi connectivity index (χ3n) is 20.8. The van der Waals surface area contributed by atoms with Crippen molar-refractivity contribution in [1.82, 2.24) is 0 Å². The van der Waals surface area contributed by atoms with Crippen LogP contribution >= 0.6 is 0 Å². The van der Waals surface area contributed by atoms with Crippen LogP contribution in [0.1, 0.15) is 201 Å². The molecule has 0 amide bonds. The molecule has 0 bridgehead atoms. The van der Waals surface area contributed by atoms with Crippen LogP contribution in [0.2, 0.25) is 0 Å². The minimum Gasteiger partial charge on any atom is -0.270 e. The van der Waals surface area contributed by atoms with E-state index in [4.69, 9.17) is 8.37 Å². The van der Waals surface area contributed by atoms with E-state index in [1.54, 1.807) is 45.0 Å². The normalized spacial score (nSPS) is 34.1. The molecule has 382 valence electrons. The second-order valence-corrected chi connectivity index (χ2v) is 29.3. The SMILES string of the molecule is COS(=O)(=O)c1ccc(CCC(C2CCCCC2)C2CCC(C(CCC(C)C)C(C)C3CCC4C5CCC6CC(Cc7ccc(S(=O)(=O)OC(C)(C)C)cc7)CCC6(C)C5CCC34C)CC2)cc1. The topological polar surface area (TPSA) is 86.7 Å². The van der Waals surface area contributed by atoms with Crippen LogP contribution in [0, 0.1) is 87.8 Å². The average Bonchev–Trinajstić information content (AvgIpc) is 3.66. The maximum absolute atomic E-state index is 12.9. The summed E-state index contributed by atoms with van der Waals surface area (Å²) < 4.78 is 60.5. The molecule has 68 heavy (non-hydrogen) atoms. The second kappa shape index (κ2) is 21.4. The molecule has 8 heteroatoms. The zero-order valence-corrected chi connectivity index (χ0v) is 45.8. The molecule has 0 spiro atoms. The number of benzene rings is 2. The molecule has 2 aromatic rings. The minimum atomic E-state index is -3.77. The Morgan fingerprint density at radius 3 is 1.84 bits per heavy atom. The van der Waals surface area contributed by atoms with Gasteiger partial charge >= 0.3 is 0 Å². The Morgan fingerprint density at radius 2 is 1.21 bits per heavy atom. The molecule has 0 N–H and O–H groups in total. The zero-order chi connectivity index (χ0) is 48.6. The molecule has 11 unspecified atom stereocenters. The van der Waals surface area contributed by atoms with E-state index in [9.17, 15) is 16.8 Å². The molecular weight excluding hydrogens is 881 g/mol. The summed E-state index contributed by atoms with van der Waals surface area (Å²) in [5.41, 5.74) is 2.69. The van der Waals surface area contributed by atoms with E-state index in [-0.39, 0.29) is 9.79 Å². The van der Waals surface area contributed by atoms with Crippen molar-refractivity contribution in [1.29, 1.82) is 0 Å². The first-order chi connectivity index (χ1) is 32.2. The van der Waals surface area contributed by atoms with Crippen LogP contribution in [0.3, 0.4) is 0 Å². The molecule has 0 saturated heterocycles. The molecule has 0 radical (unpaired) electrons. The lowest BCUT2D eigenvalue weighted by Gasteiger charge is -2.61. The average molecular weight is 976 g/mol. The van der Waals surface area contributed by atoms with Crippen molar-refractivity contribution in [2.24, 2.45) is 87.8 Å². The van der Waals surface area contributed by atoms with Gasteiger partial charge in [0.2, 0.25) is 0 Å². The van der Waals surface area contributed by atoms with Gasteiger partial charge < -0.3 is 0 Å². The first kappa shape index (κ1) is 52.6. The van der Waals surface area contributed by atoms with Crippen LogP contribution in [-0.4, -0.2) is 29.5 Å². The minimum absolute atomic E-state index is 0.251.